The number of pyridine rings is 1. The summed E-state index contributed by atoms with van der Waals surface area (Å²) in [6.45, 7) is 0. The Morgan fingerprint density at radius 1 is 1.50 bits per heavy atom. The molecule has 0 saturated heterocycles. The predicted molar refractivity (Wildman–Crippen MR) is 56.2 cm³/mol. The van der Waals surface area contributed by atoms with E-state index in [1.807, 2.05) is 7.05 Å². The number of aromatic nitrogens is 3. The van der Waals surface area contributed by atoms with E-state index >= 15 is 0 Å². The van der Waals surface area contributed by atoms with Crippen LogP contribution in [0, 0.1) is 3.57 Å². The molecule has 0 radical (unpaired) electrons. The van der Waals surface area contributed by atoms with E-state index in [9.17, 15) is 0 Å². The molecule has 0 aliphatic rings. The van der Waals surface area contributed by atoms with E-state index in [0.29, 0.717) is 5.02 Å². The van der Waals surface area contributed by atoms with Crippen molar-refractivity contribution in [1.29, 1.82) is 0 Å². The van der Waals surface area contributed by atoms with Crippen LogP contribution < -0.4 is 0 Å². The summed E-state index contributed by atoms with van der Waals surface area (Å²) in [5.41, 5.74) is 0.865. The quantitative estimate of drug-likeness (QED) is 0.697. The standard InChI is InChI=1S/C7H5ClIN3/c1-12-7-4(2-11-12)6(9)5(8)3-10-7/h2-3H,1H3. The molecule has 0 N–H and O–H groups in total. The van der Waals surface area contributed by atoms with Crippen molar-refractivity contribution in [3.05, 3.63) is 21.0 Å². The summed E-state index contributed by atoms with van der Waals surface area (Å²) in [5, 5.41) is 5.77. The molecule has 0 fully saturated rings. The van der Waals surface area contributed by atoms with Crippen molar-refractivity contribution in [3.63, 3.8) is 0 Å². The minimum Gasteiger partial charge on any atom is -0.250 e. The molecule has 5 heteroatoms. The lowest BCUT2D eigenvalue weighted by atomic mass is 10.4. The Bertz CT molecular complexity index is 437. The molecule has 0 aliphatic heterocycles. The molecule has 2 aromatic rings. The lowest BCUT2D eigenvalue weighted by Crippen LogP contribution is -1.91. The van der Waals surface area contributed by atoms with E-state index in [2.05, 4.69) is 32.7 Å². The summed E-state index contributed by atoms with van der Waals surface area (Å²) in [5.74, 6) is 0. The van der Waals surface area contributed by atoms with Gasteiger partial charge in [-0.25, -0.2) is 4.98 Å². The maximum Gasteiger partial charge on any atom is 0.158 e. The highest BCUT2D eigenvalue weighted by molar-refractivity contribution is 14.1. The highest BCUT2D eigenvalue weighted by atomic mass is 127. The Hall–Kier alpha value is -0.360. The third-order valence-electron chi connectivity index (χ3n) is 1.65. The Labute approximate surface area is 87.9 Å². The maximum absolute atomic E-state index is 5.89. The van der Waals surface area contributed by atoms with Gasteiger partial charge in [0.25, 0.3) is 0 Å². The molecule has 3 nitrogen and oxygen atoms in total. The number of hydrogen-bond acceptors (Lipinski definition) is 2. The van der Waals surface area contributed by atoms with Crippen LogP contribution in [-0.4, -0.2) is 14.8 Å². The predicted octanol–water partition coefficient (Wildman–Crippen LogP) is 2.23. The molecule has 62 valence electrons. The number of nitrogens with zero attached hydrogens (tertiary/aromatic N) is 3. The van der Waals surface area contributed by atoms with Crippen molar-refractivity contribution >= 4 is 45.2 Å². The van der Waals surface area contributed by atoms with Crippen LogP contribution in [-0.2, 0) is 7.05 Å². The average Bonchev–Trinajstić information content (AvgIpc) is 2.41. The van der Waals surface area contributed by atoms with Gasteiger partial charge >= 0.3 is 0 Å². The molecular weight excluding hydrogens is 288 g/mol. The number of fused-ring (bicyclic) bond motifs is 1. The lowest BCUT2D eigenvalue weighted by Gasteiger charge is -1.96. The van der Waals surface area contributed by atoms with Gasteiger partial charge in [-0.1, -0.05) is 11.6 Å². The highest BCUT2D eigenvalue weighted by Crippen LogP contribution is 2.24. The second-order valence-corrected chi connectivity index (χ2v) is 3.91. The van der Waals surface area contributed by atoms with E-state index < -0.39 is 0 Å². The van der Waals surface area contributed by atoms with Crippen LogP contribution in [0.5, 0.6) is 0 Å². The van der Waals surface area contributed by atoms with Crippen molar-refractivity contribution in [2.75, 3.05) is 0 Å². The van der Waals surface area contributed by atoms with Crippen LogP contribution in [0.25, 0.3) is 11.0 Å². The Morgan fingerprint density at radius 3 is 3.00 bits per heavy atom. The smallest absolute Gasteiger partial charge is 0.158 e. The molecule has 0 atom stereocenters. The first kappa shape index (κ1) is 8.25. The minimum atomic E-state index is 0.677. The van der Waals surface area contributed by atoms with Gasteiger partial charge in [-0.15, -0.1) is 0 Å². The van der Waals surface area contributed by atoms with E-state index in [4.69, 9.17) is 11.6 Å². The normalized spacial score (nSPS) is 10.9. The monoisotopic (exact) mass is 293 g/mol. The van der Waals surface area contributed by atoms with Crippen LogP contribution in [0.1, 0.15) is 0 Å². The molecule has 2 heterocycles. The van der Waals surface area contributed by atoms with Gasteiger partial charge in [0.1, 0.15) is 0 Å². The van der Waals surface area contributed by atoms with Gasteiger partial charge in [0.05, 0.1) is 16.6 Å². The third kappa shape index (κ3) is 1.09. The van der Waals surface area contributed by atoms with Gasteiger partial charge in [0, 0.05) is 16.8 Å². The van der Waals surface area contributed by atoms with E-state index in [-0.39, 0.29) is 0 Å². The molecule has 0 aromatic carbocycles. The summed E-state index contributed by atoms with van der Waals surface area (Å²) >= 11 is 8.08. The topological polar surface area (TPSA) is 30.7 Å². The summed E-state index contributed by atoms with van der Waals surface area (Å²) < 4.78 is 2.74. The molecule has 2 rings (SSSR count). The molecule has 0 bridgehead atoms. The minimum absolute atomic E-state index is 0.677. The van der Waals surface area contributed by atoms with Crippen LogP contribution in [0.4, 0.5) is 0 Å². The van der Waals surface area contributed by atoms with Gasteiger partial charge in [-0.2, -0.15) is 5.10 Å². The Balaban J connectivity index is 2.93. The van der Waals surface area contributed by atoms with Crippen LogP contribution in [0.3, 0.4) is 0 Å². The average molecular weight is 293 g/mol. The van der Waals surface area contributed by atoms with E-state index in [1.165, 1.54) is 0 Å². The maximum atomic E-state index is 5.89. The van der Waals surface area contributed by atoms with Crippen molar-refractivity contribution in [3.8, 4) is 0 Å². The molecular formula is C7H5ClIN3. The SMILES string of the molecule is Cn1ncc2c(I)c(Cl)cnc21. The zero-order valence-electron chi connectivity index (χ0n) is 6.25. The van der Waals surface area contributed by atoms with Gasteiger partial charge in [-0.05, 0) is 22.6 Å². The molecule has 0 spiro atoms. The number of hydrogen-bond donors (Lipinski definition) is 0. The highest BCUT2D eigenvalue weighted by Gasteiger charge is 2.07. The van der Waals surface area contributed by atoms with E-state index in [0.717, 1.165) is 14.6 Å². The van der Waals surface area contributed by atoms with Gasteiger partial charge in [-0.3, -0.25) is 4.68 Å². The van der Waals surface area contributed by atoms with Crippen LogP contribution in [0.15, 0.2) is 12.4 Å². The van der Waals surface area contributed by atoms with Crippen LogP contribution >= 0.6 is 34.2 Å². The first-order valence-electron chi connectivity index (χ1n) is 3.32. The molecule has 0 aliphatic carbocycles. The molecule has 12 heavy (non-hydrogen) atoms. The lowest BCUT2D eigenvalue weighted by molar-refractivity contribution is 0.786. The Kier molecular flexibility index (Phi) is 1.96. The third-order valence-corrected chi connectivity index (χ3v) is 3.42. The van der Waals surface area contributed by atoms with Gasteiger partial charge in [0.15, 0.2) is 5.65 Å². The van der Waals surface area contributed by atoms with Crippen molar-refractivity contribution in [1.82, 2.24) is 14.8 Å². The summed E-state index contributed by atoms with van der Waals surface area (Å²) in [6, 6.07) is 0. The van der Waals surface area contributed by atoms with E-state index in [1.54, 1.807) is 17.1 Å². The molecule has 0 unspecified atom stereocenters. The number of halogens is 2. The fourth-order valence-corrected chi connectivity index (χ4v) is 1.71. The van der Waals surface area contributed by atoms with Crippen LogP contribution in [0.2, 0.25) is 5.02 Å². The fourth-order valence-electron chi connectivity index (χ4n) is 1.04. The molecule has 2 aromatic heterocycles. The van der Waals surface area contributed by atoms with Crippen molar-refractivity contribution < 1.29 is 0 Å². The van der Waals surface area contributed by atoms with Crippen molar-refractivity contribution in [2.24, 2.45) is 7.05 Å². The van der Waals surface area contributed by atoms with Crippen molar-refractivity contribution in [2.45, 2.75) is 0 Å². The van der Waals surface area contributed by atoms with Gasteiger partial charge < -0.3 is 0 Å². The Morgan fingerprint density at radius 2 is 2.25 bits per heavy atom. The zero-order chi connectivity index (χ0) is 8.72. The summed E-state index contributed by atoms with van der Waals surface area (Å²) in [6.07, 6.45) is 3.42. The zero-order valence-corrected chi connectivity index (χ0v) is 9.17. The number of rotatable bonds is 0. The largest absolute Gasteiger partial charge is 0.250 e. The first-order chi connectivity index (χ1) is 5.70. The number of aryl methyl sites for hydroxylation is 1. The summed E-state index contributed by atoms with van der Waals surface area (Å²) in [7, 11) is 1.86. The molecule has 0 saturated carbocycles. The van der Waals surface area contributed by atoms with Gasteiger partial charge in [0.2, 0.25) is 0 Å². The second-order valence-electron chi connectivity index (χ2n) is 2.43. The molecule has 0 amide bonds. The second kappa shape index (κ2) is 2.85. The first-order valence-corrected chi connectivity index (χ1v) is 4.77. The summed E-state index contributed by atoms with van der Waals surface area (Å²) in [4.78, 5) is 4.16. The fraction of sp³-hybridized carbons (Fsp3) is 0.143.